The maximum Gasteiger partial charge on any atom is 0.205 e. The Morgan fingerprint density at radius 1 is 1.26 bits per heavy atom. The third-order valence-corrected chi connectivity index (χ3v) is 3.95. The standard InChI is InChI=1S/C13H15N5S/c1-3-11-15-9-6-4-5-7-10(9)18(11)8-12-16-17-13(14-2)19-12/h4-7H,3,8H2,1-2H3,(H,14,17). The molecule has 0 unspecified atom stereocenters. The molecular weight excluding hydrogens is 258 g/mol. The van der Waals surface area contributed by atoms with Crippen LogP contribution in [0.5, 0.6) is 0 Å². The van der Waals surface area contributed by atoms with Gasteiger partial charge in [-0.05, 0) is 12.1 Å². The fraction of sp³-hybridized carbons (Fsp3) is 0.308. The van der Waals surface area contributed by atoms with E-state index in [2.05, 4.69) is 38.1 Å². The van der Waals surface area contributed by atoms with Crippen LogP contribution in [0.1, 0.15) is 17.8 Å². The maximum absolute atomic E-state index is 4.66. The number of imidazole rings is 1. The molecule has 0 saturated carbocycles. The van der Waals surface area contributed by atoms with E-state index in [-0.39, 0.29) is 0 Å². The minimum Gasteiger partial charge on any atom is -0.363 e. The highest BCUT2D eigenvalue weighted by atomic mass is 32.1. The monoisotopic (exact) mass is 273 g/mol. The molecule has 6 heteroatoms. The Morgan fingerprint density at radius 2 is 2.11 bits per heavy atom. The van der Waals surface area contributed by atoms with Gasteiger partial charge in [0, 0.05) is 13.5 Å². The molecule has 1 N–H and O–H groups in total. The average Bonchev–Trinajstić information content (AvgIpc) is 3.04. The number of benzene rings is 1. The molecule has 3 rings (SSSR count). The molecule has 0 aliphatic heterocycles. The molecule has 0 saturated heterocycles. The molecule has 0 aliphatic rings. The highest BCUT2D eigenvalue weighted by Crippen LogP contribution is 2.21. The van der Waals surface area contributed by atoms with Gasteiger partial charge in [0.1, 0.15) is 10.8 Å². The van der Waals surface area contributed by atoms with Gasteiger partial charge in [0.15, 0.2) is 0 Å². The van der Waals surface area contributed by atoms with Crippen molar-refractivity contribution in [3.05, 3.63) is 35.1 Å². The summed E-state index contributed by atoms with van der Waals surface area (Å²) in [5.41, 5.74) is 2.19. The van der Waals surface area contributed by atoms with Crippen molar-refractivity contribution >= 4 is 27.5 Å². The summed E-state index contributed by atoms with van der Waals surface area (Å²) in [6.45, 7) is 2.85. The van der Waals surface area contributed by atoms with Crippen molar-refractivity contribution in [3.63, 3.8) is 0 Å². The number of anilines is 1. The third-order valence-electron chi connectivity index (χ3n) is 3.02. The summed E-state index contributed by atoms with van der Waals surface area (Å²) in [6, 6.07) is 8.20. The summed E-state index contributed by atoms with van der Waals surface area (Å²) in [6.07, 6.45) is 0.909. The number of hydrogen-bond acceptors (Lipinski definition) is 5. The average molecular weight is 273 g/mol. The van der Waals surface area contributed by atoms with Crippen LogP contribution in [0.4, 0.5) is 5.13 Å². The molecule has 0 spiro atoms. The number of hydrogen-bond donors (Lipinski definition) is 1. The van der Waals surface area contributed by atoms with Crippen LogP contribution in [0, 0.1) is 0 Å². The molecule has 1 aromatic carbocycles. The van der Waals surface area contributed by atoms with Gasteiger partial charge in [-0.2, -0.15) is 0 Å². The van der Waals surface area contributed by atoms with Crippen LogP contribution in [-0.4, -0.2) is 26.8 Å². The lowest BCUT2D eigenvalue weighted by molar-refractivity contribution is 0.740. The number of nitrogens with zero attached hydrogens (tertiary/aromatic N) is 4. The van der Waals surface area contributed by atoms with E-state index < -0.39 is 0 Å². The number of aryl methyl sites for hydroxylation is 1. The fourth-order valence-electron chi connectivity index (χ4n) is 2.13. The van der Waals surface area contributed by atoms with E-state index >= 15 is 0 Å². The van der Waals surface area contributed by atoms with Crippen LogP contribution in [0.2, 0.25) is 0 Å². The van der Waals surface area contributed by atoms with Gasteiger partial charge in [-0.25, -0.2) is 4.98 Å². The number of aromatic nitrogens is 4. The van der Waals surface area contributed by atoms with Gasteiger partial charge in [-0.15, -0.1) is 10.2 Å². The first kappa shape index (κ1) is 12.1. The largest absolute Gasteiger partial charge is 0.363 e. The third kappa shape index (κ3) is 2.19. The second-order valence-corrected chi connectivity index (χ2v) is 5.27. The Hall–Kier alpha value is -1.95. The molecule has 5 nitrogen and oxygen atoms in total. The van der Waals surface area contributed by atoms with Crippen LogP contribution in [0.25, 0.3) is 11.0 Å². The molecule has 0 atom stereocenters. The lowest BCUT2D eigenvalue weighted by Gasteiger charge is -2.04. The van der Waals surface area contributed by atoms with Crippen molar-refractivity contribution in [2.45, 2.75) is 19.9 Å². The quantitative estimate of drug-likeness (QED) is 0.793. The molecule has 2 heterocycles. The Balaban J connectivity index is 2.03. The Morgan fingerprint density at radius 3 is 2.84 bits per heavy atom. The number of rotatable bonds is 4. The van der Waals surface area contributed by atoms with Gasteiger partial charge in [-0.1, -0.05) is 30.4 Å². The summed E-state index contributed by atoms with van der Waals surface area (Å²) in [5.74, 6) is 1.09. The minimum absolute atomic E-state index is 0.725. The van der Waals surface area contributed by atoms with Crippen molar-refractivity contribution in [2.75, 3.05) is 12.4 Å². The van der Waals surface area contributed by atoms with Crippen molar-refractivity contribution in [1.82, 2.24) is 19.7 Å². The Kier molecular flexibility index (Phi) is 3.16. The summed E-state index contributed by atoms with van der Waals surface area (Å²) < 4.78 is 2.22. The van der Waals surface area contributed by atoms with Gasteiger partial charge < -0.3 is 9.88 Å². The second kappa shape index (κ2) is 4.97. The van der Waals surface area contributed by atoms with E-state index in [1.54, 1.807) is 11.3 Å². The molecule has 0 bridgehead atoms. The van der Waals surface area contributed by atoms with E-state index in [9.17, 15) is 0 Å². The van der Waals surface area contributed by atoms with E-state index in [1.807, 2.05) is 25.2 Å². The van der Waals surface area contributed by atoms with Gasteiger partial charge in [-0.3, -0.25) is 0 Å². The normalized spacial score (nSPS) is 11.1. The van der Waals surface area contributed by atoms with Gasteiger partial charge in [0.05, 0.1) is 17.6 Å². The zero-order chi connectivity index (χ0) is 13.2. The summed E-state index contributed by atoms with van der Waals surface area (Å²) in [4.78, 5) is 4.66. The molecule has 3 aromatic rings. The van der Waals surface area contributed by atoms with E-state index in [0.717, 1.165) is 40.0 Å². The highest BCUT2D eigenvalue weighted by molar-refractivity contribution is 7.15. The minimum atomic E-state index is 0.725. The lowest BCUT2D eigenvalue weighted by Crippen LogP contribution is -2.04. The summed E-state index contributed by atoms with van der Waals surface area (Å²) in [7, 11) is 1.86. The highest BCUT2D eigenvalue weighted by Gasteiger charge is 2.11. The molecular formula is C13H15N5S. The van der Waals surface area contributed by atoms with E-state index in [1.165, 1.54) is 0 Å². The first-order chi connectivity index (χ1) is 9.31. The predicted molar refractivity (Wildman–Crippen MR) is 77.7 cm³/mol. The smallest absolute Gasteiger partial charge is 0.205 e. The van der Waals surface area contributed by atoms with Gasteiger partial charge in [0.2, 0.25) is 5.13 Å². The number of fused-ring (bicyclic) bond motifs is 1. The van der Waals surface area contributed by atoms with Crippen molar-refractivity contribution < 1.29 is 0 Å². The molecule has 0 amide bonds. The molecule has 0 aliphatic carbocycles. The molecule has 0 fully saturated rings. The first-order valence-electron chi connectivity index (χ1n) is 6.26. The molecule has 98 valence electrons. The van der Waals surface area contributed by atoms with E-state index in [4.69, 9.17) is 0 Å². The first-order valence-corrected chi connectivity index (χ1v) is 7.07. The van der Waals surface area contributed by atoms with E-state index in [0.29, 0.717) is 0 Å². The summed E-state index contributed by atoms with van der Waals surface area (Å²) >= 11 is 1.58. The van der Waals surface area contributed by atoms with Gasteiger partial charge in [0.25, 0.3) is 0 Å². The van der Waals surface area contributed by atoms with Crippen LogP contribution < -0.4 is 5.32 Å². The van der Waals surface area contributed by atoms with Gasteiger partial charge >= 0.3 is 0 Å². The van der Waals surface area contributed by atoms with Crippen molar-refractivity contribution in [1.29, 1.82) is 0 Å². The van der Waals surface area contributed by atoms with Crippen molar-refractivity contribution in [3.8, 4) is 0 Å². The maximum atomic E-state index is 4.66. The zero-order valence-corrected chi connectivity index (χ0v) is 11.7. The lowest BCUT2D eigenvalue weighted by atomic mass is 10.3. The summed E-state index contributed by atoms with van der Waals surface area (Å²) in [5, 5.41) is 13.1. The number of para-hydroxylation sites is 2. The SMILES string of the molecule is CCc1nc2ccccc2n1Cc1nnc(NC)s1. The fourth-order valence-corrected chi connectivity index (χ4v) is 2.81. The second-order valence-electron chi connectivity index (χ2n) is 4.21. The van der Waals surface area contributed by atoms with Crippen LogP contribution in [0.3, 0.4) is 0 Å². The molecule has 19 heavy (non-hydrogen) atoms. The molecule has 0 radical (unpaired) electrons. The van der Waals surface area contributed by atoms with Crippen LogP contribution in [-0.2, 0) is 13.0 Å². The number of nitrogens with one attached hydrogen (secondary N) is 1. The van der Waals surface area contributed by atoms with Crippen molar-refractivity contribution in [2.24, 2.45) is 0 Å². The predicted octanol–water partition coefficient (Wildman–Crippen LogP) is 2.54. The van der Waals surface area contributed by atoms with Crippen LogP contribution >= 0.6 is 11.3 Å². The Bertz CT molecular complexity index is 700. The topological polar surface area (TPSA) is 55.6 Å². The molecule has 2 aromatic heterocycles. The zero-order valence-electron chi connectivity index (χ0n) is 10.9. The Labute approximate surface area is 115 Å². The van der Waals surface area contributed by atoms with Crippen LogP contribution in [0.15, 0.2) is 24.3 Å².